The van der Waals surface area contributed by atoms with E-state index < -0.39 is 27.5 Å². The van der Waals surface area contributed by atoms with E-state index in [4.69, 9.17) is 4.74 Å². The first-order valence-corrected chi connectivity index (χ1v) is 12.4. The number of rotatable bonds is 7. The third kappa shape index (κ3) is 5.26. The van der Waals surface area contributed by atoms with Crippen molar-refractivity contribution in [1.29, 1.82) is 5.26 Å². The van der Waals surface area contributed by atoms with E-state index in [1.807, 2.05) is 6.07 Å². The number of hydrogen-bond donors (Lipinski definition) is 0. The molecule has 4 nitrogen and oxygen atoms in total. The van der Waals surface area contributed by atoms with Crippen molar-refractivity contribution in [2.75, 3.05) is 12.4 Å². The van der Waals surface area contributed by atoms with E-state index in [0.29, 0.717) is 29.7 Å². The van der Waals surface area contributed by atoms with Crippen LogP contribution in [0, 0.1) is 29.0 Å². The van der Waals surface area contributed by atoms with Crippen LogP contribution in [0.3, 0.4) is 0 Å². The SMILES string of the molecule is N#Cc1cc(F)ccc1-c1ccc(OC[C@H]2CC(F)(F)CCC2CS(=O)(=O)C2CC2)cc1. The van der Waals surface area contributed by atoms with Gasteiger partial charge in [0.15, 0.2) is 9.84 Å². The van der Waals surface area contributed by atoms with Crippen LogP contribution >= 0.6 is 0 Å². The van der Waals surface area contributed by atoms with E-state index in [9.17, 15) is 26.9 Å². The molecule has 2 aliphatic carbocycles. The van der Waals surface area contributed by atoms with Crippen LogP contribution in [0.5, 0.6) is 5.75 Å². The van der Waals surface area contributed by atoms with Gasteiger partial charge in [-0.2, -0.15) is 5.26 Å². The average Bonchev–Trinajstić information content (AvgIpc) is 3.60. The first-order chi connectivity index (χ1) is 15.2. The quantitative estimate of drug-likeness (QED) is 0.554. The molecule has 4 rings (SSSR count). The van der Waals surface area contributed by atoms with E-state index in [-0.39, 0.29) is 48.4 Å². The summed E-state index contributed by atoms with van der Waals surface area (Å²) in [5.41, 5.74) is 1.49. The van der Waals surface area contributed by atoms with Crippen molar-refractivity contribution in [3.63, 3.8) is 0 Å². The van der Waals surface area contributed by atoms with Gasteiger partial charge in [-0.15, -0.1) is 0 Å². The summed E-state index contributed by atoms with van der Waals surface area (Å²) in [7, 11) is -3.24. The highest BCUT2D eigenvalue weighted by molar-refractivity contribution is 7.92. The molecular formula is C24H24F3NO3S. The Morgan fingerprint density at radius 2 is 1.78 bits per heavy atom. The summed E-state index contributed by atoms with van der Waals surface area (Å²) in [6, 6.07) is 12.7. The number of nitrogens with zero attached hydrogens (tertiary/aromatic N) is 1. The van der Waals surface area contributed by atoms with Crippen molar-refractivity contribution in [3.8, 4) is 22.9 Å². The van der Waals surface area contributed by atoms with Gasteiger partial charge in [-0.25, -0.2) is 21.6 Å². The van der Waals surface area contributed by atoms with Crippen LogP contribution in [0.15, 0.2) is 42.5 Å². The molecule has 8 heteroatoms. The molecule has 0 bridgehead atoms. The first-order valence-electron chi connectivity index (χ1n) is 10.7. The number of alkyl halides is 2. The fraction of sp³-hybridized carbons (Fsp3) is 0.458. The van der Waals surface area contributed by atoms with Crippen LogP contribution in [-0.4, -0.2) is 31.9 Å². The van der Waals surface area contributed by atoms with Crippen LogP contribution in [0.1, 0.15) is 37.7 Å². The minimum absolute atomic E-state index is 0.0137. The maximum Gasteiger partial charge on any atom is 0.248 e. The van der Waals surface area contributed by atoms with Gasteiger partial charge >= 0.3 is 0 Å². The van der Waals surface area contributed by atoms with Crippen LogP contribution in [0.4, 0.5) is 13.2 Å². The van der Waals surface area contributed by atoms with Crippen molar-refractivity contribution < 1.29 is 26.3 Å². The van der Waals surface area contributed by atoms with E-state index in [2.05, 4.69) is 0 Å². The molecule has 0 aliphatic heterocycles. The van der Waals surface area contributed by atoms with E-state index in [1.54, 1.807) is 24.3 Å². The fourth-order valence-corrected chi connectivity index (χ4v) is 6.52. The number of hydrogen-bond acceptors (Lipinski definition) is 4. The van der Waals surface area contributed by atoms with Gasteiger partial charge in [0.05, 0.1) is 29.2 Å². The maximum absolute atomic E-state index is 14.0. The molecule has 2 aromatic carbocycles. The standard InChI is InChI=1S/C24H24F3NO3S/c25-20-3-8-23(18(11-20)13-28)16-1-4-21(5-2-16)31-14-19-12-24(26,27)10-9-17(19)15-32(29,30)22-6-7-22/h1-5,8,11,17,19,22H,6-7,9-10,12,14-15H2/t17?,19-/m1/s1. The Bertz CT molecular complexity index is 1120. The zero-order chi connectivity index (χ0) is 22.9. The number of ether oxygens (including phenoxy) is 1. The Morgan fingerprint density at radius 1 is 1.06 bits per heavy atom. The molecule has 0 radical (unpaired) electrons. The van der Waals surface area contributed by atoms with Crippen LogP contribution in [-0.2, 0) is 9.84 Å². The molecule has 32 heavy (non-hydrogen) atoms. The summed E-state index contributed by atoms with van der Waals surface area (Å²) in [6.07, 6.45) is 0.840. The highest BCUT2D eigenvalue weighted by atomic mass is 32.2. The lowest BCUT2D eigenvalue weighted by Gasteiger charge is -2.35. The molecule has 0 N–H and O–H groups in total. The Hall–Kier alpha value is -2.53. The molecule has 0 spiro atoms. The molecule has 2 fully saturated rings. The van der Waals surface area contributed by atoms with Crippen LogP contribution in [0.2, 0.25) is 0 Å². The largest absolute Gasteiger partial charge is 0.493 e. The second-order valence-corrected chi connectivity index (χ2v) is 11.1. The summed E-state index contributed by atoms with van der Waals surface area (Å²) in [5.74, 6) is -3.78. The Balaban J connectivity index is 1.44. The van der Waals surface area contributed by atoms with Gasteiger partial charge < -0.3 is 4.74 Å². The summed E-state index contributed by atoms with van der Waals surface area (Å²) in [4.78, 5) is 0. The Morgan fingerprint density at radius 3 is 2.44 bits per heavy atom. The van der Waals surface area contributed by atoms with Crippen LogP contribution < -0.4 is 4.74 Å². The first kappa shape index (κ1) is 22.7. The van der Waals surface area contributed by atoms with Gasteiger partial charge in [0.25, 0.3) is 0 Å². The summed E-state index contributed by atoms with van der Waals surface area (Å²) < 4.78 is 72.0. The van der Waals surface area contributed by atoms with Gasteiger partial charge in [-0.1, -0.05) is 18.2 Å². The van der Waals surface area contributed by atoms with Crippen molar-refractivity contribution in [3.05, 3.63) is 53.8 Å². The van der Waals surface area contributed by atoms with E-state index in [1.165, 1.54) is 18.2 Å². The van der Waals surface area contributed by atoms with Crippen molar-refractivity contribution in [1.82, 2.24) is 0 Å². The average molecular weight is 464 g/mol. The zero-order valence-corrected chi connectivity index (χ0v) is 18.3. The summed E-state index contributed by atoms with van der Waals surface area (Å²) >= 11 is 0. The molecule has 0 heterocycles. The minimum Gasteiger partial charge on any atom is -0.493 e. The fourth-order valence-electron chi connectivity index (χ4n) is 4.36. The zero-order valence-electron chi connectivity index (χ0n) is 17.4. The normalized spacial score (nSPS) is 22.8. The second-order valence-electron chi connectivity index (χ2n) is 8.78. The number of benzene rings is 2. The van der Waals surface area contributed by atoms with E-state index >= 15 is 0 Å². The molecule has 0 amide bonds. The van der Waals surface area contributed by atoms with Gasteiger partial charge in [0, 0.05) is 18.8 Å². The van der Waals surface area contributed by atoms with Gasteiger partial charge in [-0.05, 0) is 60.6 Å². The number of halogens is 3. The lowest BCUT2D eigenvalue weighted by molar-refractivity contribution is -0.0735. The number of nitriles is 1. The molecular weight excluding hydrogens is 439 g/mol. The molecule has 2 aromatic rings. The van der Waals surface area contributed by atoms with Gasteiger partial charge in [0.2, 0.25) is 5.92 Å². The molecule has 170 valence electrons. The third-order valence-electron chi connectivity index (χ3n) is 6.32. The monoisotopic (exact) mass is 463 g/mol. The second kappa shape index (κ2) is 8.78. The predicted octanol–water partition coefficient (Wildman–Crippen LogP) is 5.37. The lowest BCUT2D eigenvalue weighted by atomic mass is 9.79. The van der Waals surface area contributed by atoms with Crippen LogP contribution in [0.25, 0.3) is 11.1 Å². The Kier molecular flexibility index (Phi) is 6.22. The van der Waals surface area contributed by atoms with Crippen molar-refractivity contribution in [2.45, 2.75) is 43.3 Å². The highest BCUT2D eigenvalue weighted by Crippen LogP contribution is 2.42. The number of sulfone groups is 1. The van der Waals surface area contributed by atoms with Gasteiger partial charge in [-0.3, -0.25) is 0 Å². The topological polar surface area (TPSA) is 67.2 Å². The third-order valence-corrected chi connectivity index (χ3v) is 8.70. The molecule has 2 atom stereocenters. The van der Waals surface area contributed by atoms with Crippen molar-refractivity contribution >= 4 is 9.84 Å². The van der Waals surface area contributed by atoms with Gasteiger partial charge in [0.1, 0.15) is 11.6 Å². The molecule has 0 aromatic heterocycles. The molecule has 2 aliphatic rings. The molecule has 0 saturated heterocycles. The maximum atomic E-state index is 14.0. The predicted molar refractivity (Wildman–Crippen MR) is 115 cm³/mol. The lowest BCUT2D eigenvalue weighted by Crippen LogP contribution is -2.39. The highest BCUT2D eigenvalue weighted by Gasteiger charge is 2.45. The Labute approximate surface area is 185 Å². The van der Waals surface area contributed by atoms with E-state index in [0.717, 1.165) is 0 Å². The molecule has 1 unspecified atom stereocenters. The summed E-state index contributed by atoms with van der Waals surface area (Å²) in [5, 5.41) is 8.93. The molecule has 2 saturated carbocycles. The van der Waals surface area contributed by atoms with Crippen molar-refractivity contribution in [2.24, 2.45) is 11.8 Å². The minimum atomic E-state index is -3.24. The summed E-state index contributed by atoms with van der Waals surface area (Å²) in [6.45, 7) is 0.0137. The smallest absolute Gasteiger partial charge is 0.248 e.